The summed E-state index contributed by atoms with van der Waals surface area (Å²) in [6.07, 6.45) is 2.63. The summed E-state index contributed by atoms with van der Waals surface area (Å²) >= 11 is 0. The molecular formula is C14H15FN2. The number of hydrogen-bond acceptors (Lipinski definition) is 2. The van der Waals surface area contributed by atoms with Gasteiger partial charge < -0.3 is 5.32 Å². The van der Waals surface area contributed by atoms with E-state index >= 15 is 0 Å². The van der Waals surface area contributed by atoms with Crippen LogP contribution in [0.2, 0.25) is 0 Å². The molecule has 0 saturated carbocycles. The van der Waals surface area contributed by atoms with E-state index < -0.39 is 0 Å². The molecule has 2 rings (SSSR count). The molecule has 0 spiro atoms. The van der Waals surface area contributed by atoms with Crippen molar-refractivity contribution in [2.45, 2.75) is 13.3 Å². The molecule has 17 heavy (non-hydrogen) atoms. The Morgan fingerprint density at radius 3 is 2.65 bits per heavy atom. The number of benzene rings is 1. The second-order valence-corrected chi connectivity index (χ2v) is 3.97. The van der Waals surface area contributed by atoms with Gasteiger partial charge in [-0.15, -0.1) is 0 Å². The molecule has 1 heterocycles. The molecule has 1 N–H and O–H groups in total. The van der Waals surface area contributed by atoms with Gasteiger partial charge in [-0.25, -0.2) is 9.37 Å². The Kier molecular flexibility index (Phi) is 3.70. The number of hydrogen-bond donors (Lipinski definition) is 1. The van der Waals surface area contributed by atoms with Gasteiger partial charge in [-0.3, -0.25) is 0 Å². The summed E-state index contributed by atoms with van der Waals surface area (Å²) in [7, 11) is 0. The van der Waals surface area contributed by atoms with Gasteiger partial charge in [0.05, 0.1) is 0 Å². The molecule has 2 aromatic rings. The number of aromatic nitrogens is 1. The molecule has 0 bridgehead atoms. The molecular weight excluding hydrogens is 215 g/mol. The lowest BCUT2D eigenvalue weighted by molar-refractivity contribution is 0.627. The third-order valence-electron chi connectivity index (χ3n) is 2.63. The van der Waals surface area contributed by atoms with E-state index in [0.717, 1.165) is 29.9 Å². The zero-order chi connectivity index (χ0) is 12.1. The van der Waals surface area contributed by atoms with E-state index in [1.807, 2.05) is 31.2 Å². The van der Waals surface area contributed by atoms with Gasteiger partial charge in [0.2, 0.25) is 0 Å². The first-order valence-corrected chi connectivity index (χ1v) is 5.65. The number of halogens is 1. The van der Waals surface area contributed by atoms with Gasteiger partial charge in [-0.1, -0.05) is 18.2 Å². The van der Waals surface area contributed by atoms with Crippen molar-refractivity contribution in [2.75, 3.05) is 11.9 Å². The predicted octanol–water partition coefficient (Wildman–Crippen LogP) is 3.18. The zero-order valence-electron chi connectivity index (χ0n) is 9.78. The minimum atomic E-state index is -0.192. The highest BCUT2D eigenvalue weighted by atomic mass is 19.1. The number of nitrogens with one attached hydrogen (secondary N) is 1. The van der Waals surface area contributed by atoms with Crippen LogP contribution in [0.1, 0.15) is 11.1 Å². The molecule has 0 fully saturated rings. The fourth-order valence-electron chi connectivity index (χ4n) is 1.65. The highest BCUT2D eigenvalue weighted by Crippen LogP contribution is 2.09. The SMILES string of the molecule is Cc1cccnc1NCCc1ccc(F)cc1. The molecule has 0 unspecified atom stereocenters. The summed E-state index contributed by atoms with van der Waals surface area (Å²) in [5, 5.41) is 3.27. The van der Waals surface area contributed by atoms with Crippen LogP contribution in [0.25, 0.3) is 0 Å². The minimum absolute atomic E-state index is 0.192. The van der Waals surface area contributed by atoms with Gasteiger partial charge in [0.1, 0.15) is 11.6 Å². The van der Waals surface area contributed by atoms with Crippen LogP contribution in [0.5, 0.6) is 0 Å². The molecule has 1 aromatic carbocycles. The van der Waals surface area contributed by atoms with Crippen molar-refractivity contribution in [2.24, 2.45) is 0 Å². The Hall–Kier alpha value is -1.90. The summed E-state index contributed by atoms with van der Waals surface area (Å²) in [6.45, 7) is 2.82. The topological polar surface area (TPSA) is 24.9 Å². The zero-order valence-corrected chi connectivity index (χ0v) is 9.78. The fourth-order valence-corrected chi connectivity index (χ4v) is 1.65. The molecule has 0 saturated heterocycles. The first-order chi connectivity index (χ1) is 8.25. The highest BCUT2D eigenvalue weighted by molar-refractivity contribution is 5.42. The molecule has 0 aliphatic carbocycles. The molecule has 0 aliphatic rings. The van der Waals surface area contributed by atoms with Gasteiger partial charge in [0.25, 0.3) is 0 Å². The lowest BCUT2D eigenvalue weighted by atomic mass is 10.1. The third kappa shape index (κ3) is 3.28. The molecule has 2 nitrogen and oxygen atoms in total. The number of pyridine rings is 1. The maximum absolute atomic E-state index is 12.7. The van der Waals surface area contributed by atoms with Crippen LogP contribution in [0.3, 0.4) is 0 Å². The standard InChI is InChI=1S/C14H15FN2/c1-11-3-2-9-16-14(11)17-10-8-12-4-6-13(15)7-5-12/h2-7,9H,8,10H2,1H3,(H,16,17). The molecule has 88 valence electrons. The number of anilines is 1. The summed E-state index contributed by atoms with van der Waals surface area (Å²) in [6, 6.07) is 10.5. The third-order valence-corrected chi connectivity index (χ3v) is 2.63. The monoisotopic (exact) mass is 230 g/mol. The van der Waals surface area contributed by atoms with Crippen LogP contribution in [0.4, 0.5) is 10.2 Å². The molecule has 0 aliphatic heterocycles. The predicted molar refractivity (Wildman–Crippen MR) is 67.6 cm³/mol. The highest BCUT2D eigenvalue weighted by Gasteiger charge is 1.98. The Morgan fingerprint density at radius 1 is 1.18 bits per heavy atom. The van der Waals surface area contributed by atoms with Gasteiger partial charge in [-0.05, 0) is 42.7 Å². The molecule has 0 atom stereocenters. The van der Waals surface area contributed by atoms with Crippen molar-refractivity contribution >= 4 is 5.82 Å². The number of rotatable bonds is 4. The van der Waals surface area contributed by atoms with E-state index in [0.29, 0.717) is 0 Å². The van der Waals surface area contributed by atoms with Crippen molar-refractivity contribution < 1.29 is 4.39 Å². The smallest absolute Gasteiger partial charge is 0.128 e. The summed E-state index contributed by atoms with van der Waals surface area (Å²) in [4.78, 5) is 4.25. The first-order valence-electron chi connectivity index (χ1n) is 5.65. The fraction of sp³-hybridized carbons (Fsp3) is 0.214. The van der Waals surface area contributed by atoms with Crippen molar-refractivity contribution in [3.05, 3.63) is 59.5 Å². The van der Waals surface area contributed by atoms with Gasteiger partial charge in [0, 0.05) is 12.7 Å². The quantitative estimate of drug-likeness (QED) is 0.872. The van der Waals surface area contributed by atoms with E-state index in [1.54, 1.807) is 6.20 Å². The van der Waals surface area contributed by atoms with E-state index in [-0.39, 0.29) is 5.82 Å². The van der Waals surface area contributed by atoms with Crippen LogP contribution < -0.4 is 5.32 Å². The van der Waals surface area contributed by atoms with E-state index in [9.17, 15) is 4.39 Å². The Bertz CT molecular complexity index is 480. The van der Waals surface area contributed by atoms with Crippen LogP contribution in [-0.2, 0) is 6.42 Å². The number of aryl methyl sites for hydroxylation is 1. The summed E-state index contributed by atoms with van der Waals surface area (Å²) in [5.41, 5.74) is 2.25. The van der Waals surface area contributed by atoms with Crippen LogP contribution in [0.15, 0.2) is 42.6 Å². The number of nitrogens with zero attached hydrogens (tertiary/aromatic N) is 1. The van der Waals surface area contributed by atoms with Crippen molar-refractivity contribution in [1.29, 1.82) is 0 Å². The van der Waals surface area contributed by atoms with Crippen molar-refractivity contribution in [3.63, 3.8) is 0 Å². The lowest BCUT2D eigenvalue weighted by Gasteiger charge is -2.07. The van der Waals surface area contributed by atoms with E-state index in [4.69, 9.17) is 0 Å². The van der Waals surface area contributed by atoms with E-state index in [1.165, 1.54) is 12.1 Å². The average molecular weight is 230 g/mol. The second kappa shape index (κ2) is 5.43. The van der Waals surface area contributed by atoms with Crippen molar-refractivity contribution in [1.82, 2.24) is 4.98 Å². The summed E-state index contributed by atoms with van der Waals surface area (Å²) < 4.78 is 12.7. The van der Waals surface area contributed by atoms with Crippen LogP contribution in [0, 0.1) is 12.7 Å². The lowest BCUT2D eigenvalue weighted by Crippen LogP contribution is -2.07. The van der Waals surface area contributed by atoms with E-state index in [2.05, 4.69) is 10.3 Å². The largest absolute Gasteiger partial charge is 0.370 e. The Balaban J connectivity index is 1.88. The van der Waals surface area contributed by atoms with Crippen molar-refractivity contribution in [3.8, 4) is 0 Å². The van der Waals surface area contributed by atoms with Crippen LogP contribution in [-0.4, -0.2) is 11.5 Å². The second-order valence-electron chi connectivity index (χ2n) is 3.97. The van der Waals surface area contributed by atoms with Crippen LogP contribution >= 0.6 is 0 Å². The molecule has 0 amide bonds. The minimum Gasteiger partial charge on any atom is -0.370 e. The van der Waals surface area contributed by atoms with Gasteiger partial charge in [0.15, 0.2) is 0 Å². The Labute approximate surface area is 101 Å². The first kappa shape index (κ1) is 11.6. The maximum atomic E-state index is 12.7. The summed E-state index contributed by atoms with van der Waals surface area (Å²) in [5.74, 6) is 0.719. The van der Waals surface area contributed by atoms with Gasteiger partial charge in [-0.2, -0.15) is 0 Å². The molecule has 1 aromatic heterocycles. The maximum Gasteiger partial charge on any atom is 0.128 e. The van der Waals surface area contributed by atoms with Gasteiger partial charge >= 0.3 is 0 Å². The molecule has 3 heteroatoms. The normalized spacial score (nSPS) is 10.2. The molecule has 0 radical (unpaired) electrons. The Morgan fingerprint density at radius 2 is 1.94 bits per heavy atom. The average Bonchev–Trinajstić information content (AvgIpc) is 2.34.